The third-order valence-electron chi connectivity index (χ3n) is 9.67. The van der Waals surface area contributed by atoms with Crippen molar-refractivity contribution in [1.29, 1.82) is 0 Å². The third-order valence-corrected chi connectivity index (χ3v) is 9.67. The van der Waals surface area contributed by atoms with Crippen LogP contribution in [0, 0.1) is 0 Å². The Morgan fingerprint density at radius 1 is 0.429 bits per heavy atom. The summed E-state index contributed by atoms with van der Waals surface area (Å²) >= 11 is 0. The molecule has 0 aliphatic rings. The number of esters is 2. The minimum absolute atomic E-state index is 0.0767. The molecule has 1 unspecified atom stereocenters. The molecule has 0 saturated heterocycles. The number of allylic oxidation sites excluding steroid dienone is 14. The number of ether oxygens (including phenoxy) is 2. The Labute approximate surface area is 346 Å². The highest BCUT2D eigenvalue weighted by Gasteiger charge is 2.16. The van der Waals surface area contributed by atoms with E-state index in [4.69, 9.17) is 9.47 Å². The maximum atomic E-state index is 12.2. The normalized spacial score (nSPS) is 13.0. The van der Waals surface area contributed by atoms with Crippen LogP contribution in [-0.4, -0.2) is 36.4 Å². The second kappa shape index (κ2) is 46.5. The second-order valence-electron chi connectivity index (χ2n) is 15.1. The van der Waals surface area contributed by atoms with Crippen LogP contribution >= 0.6 is 0 Å². The number of carbonyl (C=O) groups is 2. The first-order chi connectivity index (χ1) is 27.6. The molecule has 0 spiro atoms. The van der Waals surface area contributed by atoms with E-state index in [0.717, 1.165) is 83.5 Å². The molecular weight excluding hydrogens is 693 g/mol. The van der Waals surface area contributed by atoms with Gasteiger partial charge in [0.05, 0.1) is 6.61 Å². The van der Waals surface area contributed by atoms with E-state index in [1.807, 2.05) is 0 Å². The van der Waals surface area contributed by atoms with Crippen molar-refractivity contribution in [1.82, 2.24) is 0 Å². The predicted molar refractivity (Wildman–Crippen MR) is 242 cm³/mol. The highest BCUT2D eigenvalue weighted by atomic mass is 16.6. The molecule has 0 fully saturated rings. The van der Waals surface area contributed by atoms with Crippen LogP contribution in [-0.2, 0) is 19.1 Å². The molecule has 0 bridgehead atoms. The number of hydrogen-bond acceptors (Lipinski definition) is 5. The smallest absolute Gasteiger partial charge is 0.306 e. The summed E-state index contributed by atoms with van der Waals surface area (Å²) in [6, 6.07) is 0. The van der Waals surface area contributed by atoms with E-state index in [1.54, 1.807) is 0 Å². The lowest BCUT2D eigenvalue weighted by Crippen LogP contribution is -2.28. The summed E-state index contributed by atoms with van der Waals surface area (Å²) in [5.41, 5.74) is 0. The van der Waals surface area contributed by atoms with Crippen LogP contribution in [0.25, 0.3) is 0 Å². The topological polar surface area (TPSA) is 72.8 Å². The number of unbranched alkanes of at least 4 members (excludes halogenated alkanes) is 19. The van der Waals surface area contributed by atoms with Gasteiger partial charge in [0, 0.05) is 12.8 Å². The van der Waals surface area contributed by atoms with Gasteiger partial charge in [-0.3, -0.25) is 9.59 Å². The maximum Gasteiger partial charge on any atom is 0.306 e. The van der Waals surface area contributed by atoms with Crippen molar-refractivity contribution < 1.29 is 24.2 Å². The van der Waals surface area contributed by atoms with E-state index in [2.05, 4.69) is 98.9 Å². The Morgan fingerprint density at radius 2 is 0.768 bits per heavy atom. The van der Waals surface area contributed by atoms with Gasteiger partial charge in [-0.2, -0.15) is 0 Å². The molecule has 0 rings (SSSR count). The lowest BCUT2D eigenvalue weighted by atomic mass is 10.1. The molecule has 5 heteroatoms. The van der Waals surface area contributed by atoms with Crippen LogP contribution in [0.4, 0.5) is 0 Å². The molecule has 0 amide bonds. The zero-order valence-electron chi connectivity index (χ0n) is 36.4. The molecule has 0 saturated carbocycles. The van der Waals surface area contributed by atoms with Crippen molar-refractivity contribution in [2.45, 2.75) is 213 Å². The minimum Gasteiger partial charge on any atom is -0.462 e. The highest BCUT2D eigenvalue weighted by Crippen LogP contribution is 2.14. The molecule has 0 aliphatic carbocycles. The molecule has 320 valence electrons. The van der Waals surface area contributed by atoms with Gasteiger partial charge in [0.2, 0.25) is 0 Å². The van der Waals surface area contributed by atoms with Crippen molar-refractivity contribution in [2.75, 3.05) is 13.2 Å². The molecule has 56 heavy (non-hydrogen) atoms. The highest BCUT2D eigenvalue weighted by molar-refractivity contribution is 5.70. The molecule has 0 radical (unpaired) electrons. The monoisotopic (exact) mass is 779 g/mol. The van der Waals surface area contributed by atoms with Crippen LogP contribution in [0.2, 0.25) is 0 Å². The van der Waals surface area contributed by atoms with Crippen molar-refractivity contribution in [3.8, 4) is 0 Å². The van der Waals surface area contributed by atoms with Crippen LogP contribution in [0.3, 0.4) is 0 Å². The third kappa shape index (κ3) is 43.8. The summed E-state index contributed by atoms with van der Waals surface area (Å²) < 4.78 is 10.6. The lowest BCUT2D eigenvalue weighted by Gasteiger charge is -2.15. The van der Waals surface area contributed by atoms with E-state index < -0.39 is 6.10 Å². The quantitative estimate of drug-likeness (QED) is 0.0380. The van der Waals surface area contributed by atoms with Crippen LogP contribution in [0.5, 0.6) is 0 Å². The summed E-state index contributed by atoms with van der Waals surface area (Å²) in [5, 5.41) is 9.60. The van der Waals surface area contributed by atoms with Crippen LogP contribution in [0.1, 0.15) is 206 Å². The number of aliphatic hydroxyl groups is 1. The molecule has 5 nitrogen and oxygen atoms in total. The first-order valence-corrected chi connectivity index (χ1v) is 23.1. The molecule has 0 heterocycles. The Kier molecular flexibility index (Phi) is 44.0. The molecule has 0 aromatic heterocycles. The number of carbonyl (C=O) groups excluding carboxylic acids is 2. The van der Waals surface area contributed by atoms with Gasteiger partial charge in [-0.25, -0.2) is 0 Å². The number of hydrogen-bond donors (Lipinski definition) is 1. The fourth-order valence-electron chi connectivity index (χ4n) is 6.20. The van der Waals surface area contributed by atoms with Gasteiger partial charge in [0.15, 0.2) is 6.10 Å². The maximum absolute atomic E-state index is 12.2. The van der Waals surface area contributed by atoms with Crippen LogP contribution < -0.4 is 0 Å². The molecule has 0 aromatic rings. The second-order valence-corrected chi connectivity index (χ2v) is 15.1. The molecular formula is C51H86O5. The molecule has 1 atom stereocenters. The average molecular weight is 779 g/mol. The fraction of sp³-hybridized carbons (Fsp3) is 0.686. The predicted octanol–water partition coefficient (Wildman–Crippen LogP) is 15.1. The molecule has 1 N–H and O–H groups in total. The number of aliphatic hydroxyl groups excluding tert-OH is 1. The average Bonchev–Trinajstić information content (AvgIpc) is 3.20. The molecule has 0 aromatic carbocycles. The zero-order valence-corrected chi connectivity index (χ0v) is 36.4. The Morgan fingerprint density at radius 3 is 1.16 bits per heavy atom. The summed E-state index contributed by atoms with van der Waals surface area (Å²) in [6.45, 7) is 3.99. The SMILES string of the molecule is CC/C=C\C/C=C\C/C=C\C/C=C\C/C=C\CCCCCCCCCC(=O)OC(CO)COC(=O)CCCCCCCCCCC/C=C\C/C=C\CCCCC. The van der Waals surface area contributed by atoms with E-state index in [0.29, 0.717) is 12.8 Å². The van der Waals surface area contributed by atoms with Crippen molar-refractivity contribution in [3.05, 3.63) is 85.1 Å². The Hall–Kier alpha value is -2.92. The summed E-state index contributed by atoms with van der Waals surface area (Å²) in [6.07, 6.45) is 63.6. The Bertz CT molecular complexity index is 1060. The van der Waals surface area contributed by atoms with E-state index >= 15 is 0 Å². The van der Waals surface area contributed by atoms with E-state index in [1.165, 1.54) is 96.3 Å². The van der Waals surface area contributed by atoms with Crippen molar-refractivity contribution in [3.63, 3.8) is 0 Å². The number of rotatable bonds is 41. The summed E-state index contributed by atoms with van der Waals surface area (Å²) in [5.74, 6) is -0.611. The van der Waals surface area contributed by atoms with Crippen LogP contribution in [0.15, 0.2) is 85.1 Å². The summed E-state index contributed by atoms with van der Waals surface area (Å²) in [7, 11) is 0. The van der Waals surface area contributed by atoms with Gasteiger partial charge in [-0.05, 0) is 89.9 Å². The van der Waals surface area contributed by atoms with Gasteiger partial charge in [-0.15, -0.1) is 0 Å². The standard InChI is InChI=1S/C51H86O5/c1-3-5-7-9-11-13-15-17-19-21-23-24-25-26-28-30-32-34-36-38-40-42-44-46-51(54)56-49(47-52)48-55-50(53)45-43-41-39-37-35-33-31-29-27-22-20-18-16-14-12-10-8-6-4-2/h5,7,11-14,17-20,23-24,26,28,49,52H,3-4,6,8-10,15-16,21-22,25,27,29-48H2,1-2H3/b7-5-,13-11-,14-12-,19-17-,20-18-,24-23-,28-26-. The lowest BCUT2D eigenvalue weighted by molar-refractivity contribution is -0.161. The van der Waals surface area contributed by atoms with Gasteiger partial charge >= 0.3 is 11.9 Å². The van der Waals surface area contributed by atoms with E-state index in [9.17, 15) is 14.7 Å². The van der Waals surface area contributed by atoms with Gasteiger partial charge in [0.1, 0.15) is 6.61 Å². The first-order valence-electron chi connectivity index (χ1n) is 23.1. The molecule has 0 aliphatic heterocycles. The summed E-state index contributed by atoms with van der Waals surface area (Å²) in [4.78, 5) is 24.4. The van der Waals surface area contributed by atoms with Crippen molar-refractivity contribution >= 4 is 11.9 Å². The zero-order chi connectivity index (χ0) is 40.7. The Balaban J connectivity index is 3.59. The van der Waals surface area contributed by atoms with Gasteiger partial charge in [0.25, 0.3) is 0 Å². The minimum atomic E-state index is -0.785. The first kappa shape index (κ1) is 53.1. The largest absolute Gasteiger partial charge is 0.462 e. The van der Waals surface area contributed by atoms with E-state index in [-0.39, 0.29) is 25.2 Å². The fourth-order valence-corrected chi connectivity index (χ4v) is 6.20. The van der Waals surface area contributed by atoms with Crippen molar-refractivity contribution in [2.24, 2.45) is 0 Å². The van der Waals surface area contributed by atoms with Gasteiger partial charge in [-0.1, -0.05) is 189 Å². The van der Waals surface area contributed by atoms with Gasteiger partial charge < -0.3 is 14.6 Å².